The zero-order valence-electron chi connectivity index (χ0n) is 20.2. The number of anilines is 1. The third-order valence-electron chi connectivity index (χ3n) is 7.03. The van der Waals surface area contributed by atoms with E-state index in [0.29, 0.717) is 12.8 Å². The largest absolute Gasteiger partial charge is 0.365 e. The van der Waals surface area contributed by atoms with Gasteiger partial charge in [0.05, 0.1) is 35.6 Å². The summed E-state index contributed by atoms with van der Waals surface area (Å²) in [4.78, 5) is 28.3. The van der Waals surface area contributed by atoms with E-state index in [1.165, 1.54) is 5.56 Å². The molecule has 1 aromatic carbocycles. The topological polar surface area (TPSA) is 148 Å². The summed E-state index contributed by atoms with van der Waals surface area (Å²) in [6.45, 7) is 4.21. The zero-order chi connectivity index (χ0) is 25.3. The van der Waals surface area contributed by atoms with Crippen molar-refractivity contribution in [2.24, 2.45) is 11.7 Å². The number of carbonyl (C=O) groups excluding carboxylic acids is 2. The van der Waals surface area contributed by atoms with Crippen LogP contribution in [0.25, 0.3) is 5.69 Å². The van der Waals surface area contributed by atoms with Crippen molar-refractivity contribution < 1.29 is 9.59 Å². The Kier molecular flexibility index (Phi) is 6.28. The summed E-state index contributed by atoms with van der Waals surface area (Å²) in [5, 5.41) is 25.5. The molecule has 5 rings (SSSR count). The molecule has 2 amide bonds. The Morgan fingerprint density at radius 1 is 1.19 bits per heavy atom. The summed E-state index contributed by atoms with van der Waals surface area (Å²) in [5.41, 5.74) is 8.13. The number of nitrogens with zero attached hydrogens (tertiary/aromatic N) is 7. The molecule has 0 radical (unpaired) electrons. The molecule has 0 atom stereocenters. The van der Waals surface area contributed by atoms with Crippen LogP contribution < -0.4 is 11.1 Å². The van der Waals surface area contributed by atoms with Crippen molar-refractivity contribution in [3.05, 3.63) is 53.5 Å². The minimum atomic E-state index is -0.652. The van der Waals surface area contributed by atoms with Gasteiger partial charge in [-0.15, -0.1) is 0 Å². The molecular formula is C25H29N9O2. The van der Waals surface area contributed by atoms with Crippen LogP contribution in [0.1, 0.15) is 53.7 Å². The van der Waals surface area contributed by atoms with Gasteiger partial charge in [0.25, 0.3) is 5.91 Å². The number of hydrogen-bond acceptors (Lipinski definition) is 7. The second kappa shape index (κ2) is 9.54. The average Bonchev–Trinajstić information content (AvgIpc) is 3.50. The number of aromatic nitrogens is 5. The molecule has 3 heterocycles. The Labute approximate surface area is 208 Å². The SMILES string of the molecule is Cc1cnn(-c2ccc(CN3CCC(CC#N)(n4cc(C(N)=O)c(NC(=O)C5CC5)n4)CC3)cc2)n1. The highest BCUT2D eigenvalue weighted by atomic mass is 16.2. The molecule has 0 bridgehead atoms. The van der Waals surface area contributed by atoms with Crippen LogP contribution in [-0.2, 0) is 16.9 Å². The van der Waals surface area contributed by atoms with Gasteiger partial charge in [0.15, 0.2) is 5.82 Å². The Morgan fingerprint density at radius 2 is 1.92 bits per heavy atom. The third kappa shape index (κ3) is 4.85. The maximum atomic E-state index is 12.3. The number of primary amides is 1. The van der Waals surface area contributed by atoms with E-state index >= 15 is 0 Å². The lowest BCUT2D eigenvalue weighted by Gasteiger charge is -2.40. The minimum Gasteiger partial charge on any atom is -0.365 e. The summed E-state index contributed by atoms with van der Waals surface area (Å²) in [5.74, 6) is -0.639. The second-order valence-corrected chi connectivity index (χ2v) is 9.74. The fourth-order valence-electron chi connectivity index (χ4n) is 4.67. The molecule has 11 nitrogen and oxygen atoms in total. The van der Waals surface area contributed by atoms with Crippen LogP contribution in [0, 0.1) is 24.2 Å². The zero-order valence-corrected chi connectivity index (χ0v) is 20.2. The Balaban J connectivity index is 1.28. The molecule has 0 unspecified atom stereocenters. The van der Waals surface area contributed by atoms with Gasteiger partial charge in [0, 0.05) is 31.7 Å². The van der Waals surface area contributed by atoms with E-state index < -0.39 is 11.4 Å². The highest BCUT2D eigenvalue weighted by Gasteiger charge is 2.39. The van der Waals surface area contributed by atoms with Crippen molar-refractivity contribution >= 4 is 17.6 Å². The summed E-state index contributed by atoms with van der Waals surface area (Å²) >= 11 is 0. The van der Waals surface area contributed by atoms with Crippen LogP contribution in [0.4, 0.5) is 5.82 Å². The molecule has 1 saturated heterocycles. The van der Waals surface area contributed by atoms with E-state index in [1.807, 2.05) is 19.1 Å². The smallest absolute Gasteiger partial charge is 0.254 e. The fraction of sp³-hybridized carbons (Fsp3) is 0.440. The van der Waals surface area contributed by atoms with Gasteiger partial charge in [0.1, 0.15) is 5.56 Å². The number of carbonyl (C=O) groups is 2. The van der Waals surface area contributed by atoms with E-state index in [2.05, 4.69) is 43.7 Å². The number of piperidine rings is 1. The summed E-state index contributed by atoms with van der Waals surface area (Å²) in [7, 11) is 0. The number of amides is 2. The quantitative estimate of drug-likeness (QED) is 0.494. The van der Waals surface area contributed by atoms with Gasteiger partial charge in [0.2, 0.25) is 5.91 Å². The number of likely N-dealkylation sites (tertiary alicyclic amines) is 1. The molecule has 1 aliphatic heterocycles. The first kappa shape index (κ1) is 23.7. The van der Waals surface area contributed by atoms with E-state index in [4.69, 9.17) is 5.73 Å². The van der Waals surface area contributed by atoms with Gasteiger partial charge in [-0.2, -0.15) is 25.4 Å². The van der Waals surface area contributed by atoms with Gasteiger partial charge in [-0.1, -0.05) is 12.1 Å². The number of nitrogens with two attached hydrogens (primary N) is 1. The van der Waals surface area contributed by atoms with Crippen LogP contribution >= 0.6 is 0 Å². The predicted octanol–water partition coefficient (Wildman–Crippen LogP) is 2.12. The lowest BCUT2D eigenvalue weighted by atomic mass is 9.84. The molecule has 3 N–H and O–H groups in total. The molecule has 1 saturated carbocycles. The van der Waals surface area contributed by atoms with Crippen LogP contribution in [0.5, 0.6) is 0 Å². The van der Waals surface area contributed by atoms with Crippen molar-refractivity contribution in [1.82, 2.24) is 29.7 Å². The van der Waals surface area contributed by atoms with Crippen LogP contribution in [0.2, 0.25) is 0 Å². The molecule has 1 aliphatic carbocycles. The van der Waals surface area contributed by atoms with E-state index in [-0.39, 0.29) is 29.6 Å². The van der Waals surface area contributed by atoms with Gasteiger partial charge < -0.3 is 11.1 Å². The molecule has 0 spiro atoms. The standard InChI is InChI=1S/C25H29N9O2/c1-17-14-28-34(30-17)20-6-2-18(3-7-20)15-32-12-9-25(8-11-26,10-13-32)33-16-21(22(27)35)23(31-33)29-24(36)19-4-5-19/h2-3,6-7,14,16,19H,4-5,8-10,12-13,15H2,1H3,(H2,27,35)(H,29,31,36). The Morgan fingerprint density at radius 3 is 2.50 bits per heavy atom. The van der Waals surface area contributed by atoms with Crippen molar-refractivity contribution in [2.75, 3.05) is 18.4 Å². The maximum Gasteiger partial charge on any atom is 0.254 e. The van der Waals surface area contributed by atoms with Crippen molar-refractivity contribution in [1.29, 1.82) is 5.26 Å². The summed E-state index contributed by atoms with van der Waals surface area (Å²) in [6, 6.07) is 10.5. The number of rotatable bonds is 8. The predicted molar refractivity (Wildman–Crippen MR) is 131 cm³/mol. The average molecular weight is 488 g/mol. The van der Waals surface area contributed by atoms with Gasteiger partial charge in [-0.05, 0) is 50.3 Å². The van der Waals surface area contributed by atoms with E-state index in [1.54, 1.807) is 21.9 Å². The second-order valence-electron chi connectivity index (χ2n) is 9.74. The highest BCUT2D eigenvalue weighted by molar-refractivity contribution is 6.02. The maximum absolute atomic E-state index is 12.3. The number of nitrogens with one attached hydrogen (secondary N) is 1. The molecule has 36 heavy (non-hydrogen) atoms. The van der Waals surface area contributed by atoms with E-state index in [9.17, 15) is 14.9 Å². The summed E-state index contributed by atoms with van der Waals surface area (Å²) in [6.07, 6.45) is 6.62. The molecule has 186 valence electrons. The molecule has 2 fully saturated rings. The minimum absolute atomic E-state index is 0.0267. The molecule has 11 heteroatoms. The number of nitriles is 1. The lowest BCUT2D eigenvalue weighted by molar-refractivity contribution is -0.117. The van der Waals surface area contributed by atoms with Gasteiger partial charge >= 0.3 is 0 Å². The normalized spacial score (nSPS) is 17.4. The van der Waals surface area contributed by atoms with Crippen molar-refractivity contribution in [3.63, 3.8) is 0 Å². The summed E-state index contributed by atoms with van der Waals surface area (Å²) < 4.78 is 1.68. The van der Waals surface area contributed by atoms with Crippen LogP contribution in [0.3, 0.4) is 0 Å². The van der Waals surface area contributed by atoms with Crippen LogP contribution in [-0.4, -0.2) is 54.6 Å². The van der Waals surface area contributed by atoms with Crippen LogP contribution in [0.15, 0.2) is 36.7 Å². The molecular weight excluding hydrogens is 458 g/mol. The molecule has 3 aromatic rings. The monoisotopic (exact) mass is 487 g/mol. The molecule has 2 aliphatic rings. The number of hydrogen-bond donors (Lipinski definition) is 2. The Hall–Kier alpha value is -4.04. The molecule has 2 aromatic heterocycles. The third-order valence-corrected chi connectivity index (χ3v) is 7.03. The number of benzene rings is 1. The first-order valence-electron chi connectivity index (χ1n) is 12.2. The Bertz CT molecular complexity index is 1310. The van der Waals surface area contributed by atoms with Crippen molar-refractivity contribution in [2.45, 2.75) is 51.1 Å². The first-order chi connectivity index (χ1) is 17.4. The number of aryl methyl sites for hydroxylation is 1. The lowest BCUT2D eigenvalue weighted by Crippen LogP contribution is -2.46. The van der Waals surface area contributed by atoms with E-state index in [0.717, 1.165) is 43.9 Å². The van der Waals surface area contributed by atoms with Gasteiger partial charge in [-0.3, -0.25) is 19.2 Å². The van der Waals surface area contributed by atoms with Gasteiger partial charge in [-0.25, -0.2) is 0 Å². The first-order valence-corrected chi connectivity index (χ1v) is 12.2. The van der Waals surface area contributed by atoms with Crippen molar-refractivity contribution in [3.8, 4) is 11.8 Å². The fourth-order valence-corrected chi connectivity index (χ4v) is 4.67. The highest BCUT2D eigenvalue weighted by Crippen LogP contribution is 2.36.